The summed E-state index contributed by atoms with van der Waals surface area (Å²) in [5.41, 5.74) is 13.0. The molecule has 4 aliphatic heterocycles. The number of thioether (sulfide) groups is 2. The normalized spacial score (nSPS) is 21.7. The summed E-state index contributed by atoms with van der Waals surface area (Å²) in [5, 5.41) is 7.45. The molecule has 352 valence electrons. The smallest absolute Gasteiger partial charge is 0.378 e. The molecule has 2 aromatic carbocycles. The molecule has 0 amide bonds. The Bertz CT molecular complexity index is 2460. The van der Waals surface area contributed by atoms with Crippen molar-refractivity contribution >= 4 is 69.1 Å². The van der Waals surface area contributed by atoms with Crippen LogP contribution in [0.3, 0.4) is 0 Å². The van der Waals surface area contributed by atoms with Crippen LogP contribution >= 0.6 is 23.5 Å². The maximum atomic E-state index is 8.49. The van der Waals surface area contributed by atoms with Gasteiger partial charge in [0.15, 0.2) is 0 Å². The number of nitrogens with zero attached hydrogens (tertiary/aromatic N) is 6. The van der Waals surface area contributed by atoms with Crippen molar-refractivity contribution in [3.05, 3.63) is 164 Å². The SMILES string of the molecule is CN(C)c1ccc(N=C2C=C3NC4CC=CC=C4SC3=C3CC=CN=C23)cc1.CN(C)c1ccc(N=C2C=C3NC4CC=CC=C4SC3=C3CC=CN=C23)cc1.[Ni+2].[O-][Cl+3]([O-])([O-])[O-].[O-][Cl+3]([O-])([O-])[O-]. The number of rotatable bonds is 4. The van der Waals surface area contributed by atoms with Gasteiger partial charge in [-0.05, 0) is 97.5 Å². The third-order valence-corrected chi connectivity index (χ3v) is 13.1. The molecule has 2 aromatic rings. The molecule has 10 rings (SSSR count). The van der Waals surface area contributed by atoms with E-state index in [4.69, 9.17) is 47.3 Å². The van der Waals surface area contributed by atoms with Crippen LogP contribution in [0.5, 0.6) is 0 Å². The summed E-state index contributed by atoms with van der Waals surface area (Å²) in [6, 6.07) is 17.4. The van der Waals surface area contributed by atoms with E-state index in [1.807, 2.05) is 64.1 Å². The van der Waals surface area contributed by atoms with Crippen LogP contribution in [0.15, 0.2) is 184 Å². The molecule has 0 bridgehead atoms. The second-order valence-corrected chi connectivity index (χ2v) is 19.2. The van der Waals surface area contributed by atoms with Crippen molar-refractivity contribution < 1.29 is 74.2 Å². The molecule has 4 aliphatic carbocycles. The van der Waals surface area contributed by atoms with Gasteiger partial charge in [0.05, 0.1) is 57.7 Å². The summed E-state index contributed by atoms with van der Waals surface area (Å²) < 4.78 is 67.9. The van der Waals surface area contributed by atoms with E-state index < -0.39 is 20.5 Å². The van der Waals surface area contributed by atoms with Gasteiger partial charge >= 0.3 is 16.5 Å². The minimum atomic E-state index is -4.94. The summed E-state index contributed by atoms with van der Waals surface area (Å²) in [6.45, 7) is 0. The molecular formula is C46H44Cl2N8NiO8S2. The van der Waals surface area contributed by atoms with Crippen LogP contribution in [0.2, 0.25) is 0 Å². The van der Waals surface area contributed by atoms with Crippen LogP contribution in [0.25, 0.3) is 0 Å². The van der Waals surface area contributed by atoms with Crippen molar-refractivity contribution in [2.24, 2.45) is 20.0 Å². The molecule has 2 N–H and O–H groups in total. The minimum absolute atomic E-state index is 0. The third-order valence-electron chi connectivity index (χ3n) is 10.5. The van der Waals surface area contributed by atoms with Crippen molar-refractivity contribution in [3.8, 4) is 0 Å². The van der Waals surface area contributed by atoms with Gasteiger partial charge in [-0.1, -0.05) is 72.1 Å². The largest absolute Gasteiger partial charge is 2.00 e. The van der Waals surface area contributed by atoms with Crippen LogP contribution in [0.4, 0.5) is 22.7 Å². The fraction of sp³-hybridized carbons (Fsp3) is 0.217. The number of hydrogen-bond donors (Lipinski definition) is 2. The van der Waals surface area contributed by atoms with E-state index >= 15 is 0 Å². The molecule has 2 fully saturated rings. The van der Waals surface area contributed by atoms with Gasteiger partial charge in [-0.25, -0.2) is 47.3 Å². The van der Waals surface area contributed by atoms with Crippen LogP contribution in [0.1, 0.15) is 25.7 Å². The molecule has 0 aromatic heterocycles. The zero-order valence-electron chi connectivity index (χ0n) is 36.4. The number of aliphatic imine (C=N–C) groups is 4. The minimum Gasteiger partial charge on any atom is -0.378 e. The zero-order chi connectivity index (χ0) is 47.2. The molecule has 0 saturated carbocycles. The molecule has 16 nitrogen and oxygen atoms in total. The average molecular weight is 1030 g/mol. The Morgan fingerprint density at radius 2 is 0.925 bits per heavy atom. The van der Waals surface area contributed by atoms with Crippen molar-refractivity contribution in [2.45, 2.75) is 37.8 Å². The molecular weight excluding hydrogens is 986 g/mol. The molecule has 2 saturated heterocycles. The molecule has 2 atom stereocenters. The summed E-state index contributed by atoms with van der Waals surface area (Å²) >= 11 is 3.76. The first kappa shape index (κ1) is 51.6. The Morgan fingerprint density at radius 1 is 0.567 bits per heavy atom. The Hall–Kier alpha value is -4.83. The molecule has 4 heterocycles. The zero-order valence-corrected chi connectivity index (χ0v) is 40.5. The monoisotopic (exact) mass is 1030 g/mol. The summed E-state index contributed by atoms with van der Waals surface area (Å²) in [6.07, 6.45) is 29.4. The predicted octanol–water partition coefficient (Wildman–Crippen LogP) is 0.253. The van der Waals surface area contributed by atoms with Gasteiger partial charge in [-0.15, -0.1) is 20.5 Å². The fourth-order valence-corrected chi connectivity index (χ4v) is 9.92. The van der Waals surface area contributed by atoms with Crippen molar-refractivity contribution in [1.29, 1.82) is 0 Å². The number of nitrogens with one attached hydrogen (secondary N) is 2. The summed E-state index contributed by atoms with van der Waals surface area (Å²) in [5.74, 6) is 0. The van der Waals surface area contributed by atoms with Gasteiger partial charge in [-0.2, -0.15) is 0 Å². The number of anilines is 2. The summed E-state index contributed by atoms with van der Waals surface area (Å²) in [4.78, 5) is 28.8. The summed E-state index contributed by atoms with van der Waals surface area (Å²) in [7, 11) is -1.71. The molecule has 2 unspecified atom stereocenters. The molecule has 21 heteroatoms. The van der Waals surface area contributed by atoms with Gasteiger partial charge in [0.25, 0.3) is 0 Å². The maximum absolute atomic E-state index is 8.49. The Morgan fingerprint density at radius 3 is 1.27 bits per heavy atom. The standard InChI is InChI=1S/2C23H22N4S.2ClHO4.Ni/c2*1-27(2)16-11-9-15(10-12-16)25-19-14-20-23(17-6-5-13-24-22(17)19)28-21-8-4-3-7-18(21)26-20;2*2-1(3,4)5;/h2*3-5,8-14,18,26H,6-7H2,1-2H3;2*(H,2,3,4,5);/q;;;;+2/p-2. The maximum Gasteiger partial charge on any atom is 2.00 e. The molecule has 0 radical (unpaired) electrons. The third kappa shape index (κ3) is 14.1. The topological polar surface area (TPSA) is 264 Å². The second kappa shape index (κ2) is 22.5. The Kier molecular flexibility index (Phi) is 17.3. The van der Waals surface area contributed by atoms with E-state index in [2.05, 4.69) is 140 Å². The number of benzene rings is 2. The molecule has 8 aliphatic rings. The average Bonchev–Trinajstić information content (AvgIpc) is 3.27. The first-order chi connectivity index (χ1) is 31.4. The van der Waals surface area contributed by atoms with Crippen molar-refractivity contribution in [1.82, 2.24) is 10.6 Å². The van der Waals surface area contributed by atoms with Crippen LogP contribution in [0, 0.1) is 20.5 Å². The van der Waals surface area contributed by atoms with Crippen LogP contribution in [-0.2, 0) is 16.5 Å². The van der Waals surface area contributed by atoms with Crippen LogP contribution < -0.4 is 57.7 Å². The van der Waals surface area contributed by atoms with Crippen LogP contribution in [-0.4, -0.2) is 63.1 Å². The Labute approximate surface area is 411 Å². The number of allylic oxidation sites excluding steroid dienone is 10. The molecule has 67 heavy (non-hydrogen) atoms. The Balaban J connectivity index is 0.000000182. The number of halogens is 2. The van der Waals surface area contributed by atoms with E-state index in [1.54, 1.807) is 0 Å². The van der Waals surface area contributed by atoms with Crippen molar-refractivity contribution in [2.75, 3.05) is 38.0 Å². The number of fused-ring (bicyclic) bond motifs is 6. The molecule has 0 spiro atoms. The fourth-order valence-electron chi connectivity index (χ4n) is 7.50. The van der Waals surface area contributed by atoms with E-state index in [-0.39, 0.29) is 16.5 Å². The van der Waals surface area contributed by atoms with E-state index in [9.17, 15) is 0 Å². The van der Waals surface area contributed by atoms with Gasteiger partial charge in [0.2, 0.25) is 0 Å². The first-order valence-electron chi connectivity index (χ1n) is 20.3. The predicted molar refractivity (Wildman–Crippen MR) is 241 cm³/mol. The van der Waals surface area contributed by atoms with Gasteiger partial charge in [-0.3, -0.25) is 9.98 Å². The van der Waals surface area contributed by atoms with Gasteiger partial charge < -0.3 is 20.4 Å². The van der Waals surface area contributed by atoms with E-state index in [1.165, 1.54) is 53.5 Å². The quantitative estimate of drug-likeness (QED) is 0.308. The van der Waals surface area contributed by atoms with E-state index in [0.29, 0.717) is 12.1 Å². The van der Waals surface area contributed by atoms with Gasteiger partial charge in [0, 0.05) is 71.6 Å². The van der Waals surface area contributed by atoms with Crippen molar-refractivity contribution in [3.63, 3.8) is 0 Å². The second-order valence-electron chi connectivity index (χ2n) is 15.5. The number of hydrogen-bond acceptors (Lipinski definition) is 18. The van der Waals surface area contributed by atoms with E-state index in [0.717, 1.165) is 59.9 Å². The first-order valence-corrected chi connectivity index (χ1v) is 24.4. The van der Waals surface area contributed by atoms with Gasteiger partial charge in [0.1, 0.15) is 0 Å².